The summed E-state index contributed by atoms with van der Waals surface area (Å²) in [4.78, 5) is 22.5. The summed E-state index contributed by atoms with van der Waals surface area (Å²) in [5, 5.41) is 6.47. The number of hydrogen-bond acceptors (Lipinski definition) is 2. The number of hydrogen-bond donors (Lipinski definition) is 3. The van der Waals surface area contributed by atoms with E-state index in [0.717, 1.165) is 18.2 Å². The number of amides is 1. The van der Waals surface area contributed by atoms with E-state index in [2.05, 4.69) is 15.5 Å². The highest BCUT2D eigenvalue weighted by Gasteiger charge is 2.33. The smallest absolute Gasteiger partial charge is 0.320 e. The van der Waals surface area contributed by atoms with Gasteiger partial charge < -0.3 is 5.32 Å². The van der Waals surface area contributed by atoms with Crippen LogP contribution in [0.3, 0.4) is 0 Å². The minimum atomic E-state index is -4.57. The lowest BCUT2D eigenvalue weighted by atomic mass is 10.1. The number of H-pyrrole nitrogens is 2. The van der Waals surface area contributed by atoms with E-state index in [4.69, 9.17) is 0 Å². The molecule has 0 spiro atoms. The first kappa shape index (κ1) is 12.9. The number of alkyl halides is 3. The number of para-hydroxylation sites is 1. The summed E-state index contributed by atoms with van der Waals surface area (Å²) in [7, 11) is 0. The van der Waals surface area contributed by atoms with Crippen molar-refractivity contribution in [3.63, 3.8) is 0 Å². The number of anilines is 1. The van der Waals surface area contributed by atoms with Crippen molar-refractivity contribution in [3.8, 4) is 0 Å². The van der Waals surface area contributed by atoms with Crippen LogP contribution in [0.1, 0.15) is 16.1 Å². The summed E-state index contributed by atoms with van der Waals surface area (Å²) in [5.74, 6) is -0.838. The van der Waals surface area contributed by atoms with Gasteiger partial charge in [-0.2, -0.15) is 13.2 Å². The zero-order valence-electron chi connectivity index (χ0n) is 9.34. The first-order chi connectivity index (χ1) is 8.88. The monoisotopic (exact) mass is 271 g/mol. The fourth-order valence-corrected chi connectivity index (χ4v) is 1.48. The standard InChI is InChI=1S/C11H8F3N3O2/c12-11(13,14)6-3-1-2-4-7(6)15-10(19)8-5-9(18)17-16-8/h1-5H,(H,15,19)(H2,16,17,18). The Morgan fingerprint density at radius 3 is 2.42 bits per heavy atom. The van der Waals surface area contributed by atoms with Gasteiger partial charge >= 0.3 is 6.18 Å². The highest BCUT2D eigenvalue weighted by molar-refractivity contribution is 6.03. The fourth-order valence-electron chi connectivity index (χ4n) is 1.48. The average Bonchev–Trinajstić information content (AvgIpc) is 2.75. The van der Waals surface area contributed by atoms with Crippen molar-refractivity contribution in [2.75, 3.05) is 5.32 Å². The highest BCUT2D eigenvalue weighted by atomic mass is 19.4. The number of nitrogens with one attached hydrogen (secondary N) is 3. The lowest BCUT2D eigenvalue weighted by Crippen LogP contribution is -2.17. The molecule has 0 unspecified atom stereocenters. The van der Waals surface area contributed by atoms with Crippen LogP contribution in [0.2, 0.25) is 0 Å². The van der Waals surface area contributed by atoms with Crippen LogP contribution in [-0.2, 0) is 6.18 Å². The van der Waals surface area contributed by atoms with Crippen molar-refractivity contribution < 1.29 is 18.0 Å². The second-order valence-electron chi connectivity index (χ2n) is 3.67. The summed E-state index contributed by atoms with van der Waals surface area (Å²) in [6.45, 7) is 0. The van der Waals surface area contributed by atoms with E-state index < -0.39 is 23.2 Å². The van der Waals surface area contributed by atoms with Gasteiger partial charge in [0.25, 0.3) is 11.5 Å². The van der Waals surface area contributed by atoms with Gasteiger partial charge in [-0.3, -0.25) is 19.8 Å². The molecule has 5 nitrogen and oxygen atoms in total. The molecule has 100 valence electrons. The number of benzene rings is 1. The lowest BCUT2D eigenvalue weighted by molar-refractivity contribution is -0.136. The molecule has 0 atom stereocenters. The fraction of sp³-hybridized carbons (Fsp3) is 0.0909. The average molecular weight is 271 g/mol. The zero-order chi connectivity index (χ0) is 14.0. The Kier molecular flexibility index (Phi) is 3.16. The predicted molar refractivity (Wildman–Crippen MR) is 60.8 cm³/mol. The molecule has 0 aliphatic carbocycles. The van der Waals surface area contributed by atoms with Crippen LogP contribution < -0.4 is 10.9 Å². The van der Waals surface area contributed by atoms with Gasteiger partial charge in [-0.25, -0.2) is 0 Å². The van der Waals surface area contributed by atoms with Crippen LogP contribution in [-0.4, -0.2) is 16.1 Å². The van der Waals surface area contributed by atoms with Gasteiger partial charge in [0.05, 0.1) is 11.3 Å². The molecule has 0 aliphatic heterocycles. The maximum absolute atomic E-state index is 12.7. The lowest BCUT2D eigenvalue weighted by Gasteiger charge is -2.12. The third-order valence-corrected chi connectivity index (χ3v) is 2.32. The second kappa shape index (κ2) is 4.63. The summed E-state index contributed by atoms with van der Waals surface area (Å²) in [6, 6.07) is 5.52. The summed E-state index contributed by atoms with van der Waals surface area (Å²) in [6.07, 6.45) is -4.57. The van der Waals surface area contributed by atoms with E-state index in [0.29, 0.717) is 0 Å². The maximum atomic E-state index is 12.7. The summed E-state index contributed by atoms with van der Waals surface area (Å²) < 4.78 is 38.1. The van der Waals surface area contributed by atoms with Crippen molar-refractivity contribution in [2.24, 2.45) is 0 Å². The van der Waals surface area contributed by atoms with Gasteiger partial charge in [-0.1, -0.05) is 12.1 Å². The maximum Gasteiger partial charge on any atom is 0.418 e. The molecular formula is C11H8F3N3O2. The first-order valence-electron chi connectivity index (χ1n) is 5.13. The van der Waals surface area contributed by atoms with Gasteiger partial charge in [-0.15, -0.1) is 0 Å². The number of rotatable bonds is 2. The number of halogens is 3. The largest absolute Gasteiger partial charge is 0.418 e. The van der Waals surface area contributed by atoms with Crippen LogP contribution in [0.25, 0.3) is 0 Å². The third kappa shape index (κ3) is 2.84. The zero-order valence-corrected chi connectivity index (χ0v) is 9.34. The Labute approximate surface area is 104 Å². The van der Waals surface area contributed by atoms with Gasteiger partial charge in [0.15, 0.2) is 0 Å². The minimum absolute atomic E-state index is 0.151. The molecule has 0 saturated heterocycles. The quantitative estimate of drug-likeness (QED) is 0.781. The Morgan fingerprint density at radius 2 is 1.84 bits per heavy atom. The van der Waals surface area contributed by atoms with Crippen LogP contribution in [0.15, 0.2) is 35.1 Å². The predicted octanol–water partition coefficient (Wildman–Crippen LogP) is 1.97. The summed E-state index contributed by atoms with van der Waals surface area (Å²) >= 11 is 0. The molecule has 1 amide bonds. The van der Waals surface area contributed by atoms with Crippen molar-refractivity contribution in [3.05, 3.63) is 51.9 Å². The second-order valence-corrected chi connectivity index (χ2v) is 3.67. The Balaban J connectivity index is 2.29. The summed E-state index contributed by atoms with van der Waals surface area (Å²) in [5.41, 5.74) is -2.03. The Hall–Kier alpha value is -2.51. The Bertz CT molecular complexity index is 657. The van der Waals surface area contributed by atoms with Crippen LogP contribution in [0.4, 0.5) is 18.9 Å². The molecule has 3 N–H and O–H groups in total. The van der Waals surface area contributed by atoms with E-state index in [-0.39, 0.29) is 11.4 Å². The van der Waals surface area contributed by atoms with E-state index in [1.165, 1.54) is 12.1 Å². The molecule has 0 radical (unpaired) electrons. The molecule has 19 heavy (non-hydrogen) atoms. The molecule has 0 saturated carbocycles. The molecule has 0 fully saturated rings. The molecule has 0 aliphatic rings. The van der Waals surface area contributed by atoms with Crippen molar-refractivity contribution in [1.82, 2.24) is 10.2 Å². The topological polar surface area (TPSA) is 77.8 Å². The number of aromatic nitrogens is 2. The van der Waals surface area contributed by atoms with E-state index in [1.54, 1.807) is 0 Å². The molecule has 1 aromatic heterocycles. The number of aromatic amines is 2. The molecule has 1 aromatic carbocycles. The highest BCUT2D eigenvalue weighted by Crippen LogP contribution is 2.34. The van der Waals surface area contributed by atoms with Gasteiger partial charge in [-0.05, 0) is 12.1 Å². The molecule has 0 bridgehead atoms. The SMILES string of the molecule is O=C(Nc1ccccc1C(F)(F)F)c1cc(=O)[nH][nH]1. The Morgan fingerprint density at radius 1 is 1.16 bits per heavy atom. The molecule has 1 heterocycles. The van der Waals surface area contributed by atoms with Gasteiger partial charge in [0, 0.05) is 6.07 Å². The van der Waals surface area contributed by atoms with Gasteiger partial charge in [0.2, 0.25) is 0 Å². The molecule has 2 aromatic rings. The molecule has 8 heteroatoms. The van der Waals surface area contributed by atoms with Crippen molar-refractivity contribution in [2.45, 2.75) is 6.18 Å². The van der Waals surface area contributed by atoms with Crippen molar-refractivity contribution >= 4 is 11.6 Å². The van der Waals surface area contributed by atoms with Crippen molar-refractivity contribution in [1.29, 1.82) is 0 Å². The normalized spacial score (nSPS) is 11.3. The van der Waals surface area contributed by atoms with Crippen LogP contribution in [0, 0.1) is 0 Å². The molecule has 2 rings (SSSR count). The van der Waals surface area contributed by atoms with E-state index in [1.807, 2.05) is 0 Å². The first-order valence-corrected chi connectivity index (χ1v) is 5.13. The van der Waals surface area contributed by atoms with Crippen LogP contribution in [0.5, 0.6) is 0 Å². The van der Waals surface area contributed by atoms with E-state index >= 15 is 0 Å². The number of carbonyl (C=O) groups is 1. The third-order valence-electron chi connectivity index (χ3n) is 2.32. The minimum Gasteiger partial charge on any atom is -0.320 e. The number of carbonyl (C=O) groups excluding carboxylic acids is 1. The van der Waals surface area contributed by atoms with Crippen LogP contribution >= 0.6 is 0 Å². The molecular weight excluding hydrogens is 263 g/mol. The van der Waals surface area contributed by atoms with E-state index in [9.17, 15) is 22.8 Å². The van der Waals surface area contributed by atoms with Gasteiger partial charge in [0.1, 0.15) is 5.69 Å².